The highest BCUT2D eigenvalue weighted by Crippen LogP contribution is 2.45. The highest BCUT2D eigenvalue weighted by atomic mass is 31.2. The van der Waals surface area contributed by atoms with Crippen LogP contribution in [-0.4, -0.2) is 96.7 Å². The third kappa shape index (κ3) is 60.7. The van der Waals surface area contributed by atoms with E-state index in [9.17, 15) is 43.2 Å². The lowest BCUT2D eigenvalue weighted by molar-refractivity contribution is -0.161. The molecule has 0 aromatic carbocycles. The molecule has 0 heterocycles. The molecule has 3 N–H and O–H groups in total. The number of hydrogen-bond acceptors (Lipinski definition) is 15. The van der Waals surface area contributed by atoms with Crippen molar-refractivity contribution in [2.45, 2.75) is 337 Å². The standard InChI is InChI=1S/C66H128O17P2/c1-56(2)42-34-26-18-13-11-9-10-12-14-21-30-38-46-63(68)76-52-61(82-65(70)48-40-32-22-16-15-19-27-35-43-57(3)4)54-80-84(72,73)78-50-60(67)51-79-85(74,75)81-55-62(83-66(71)49-41-33-25-24-29-37-45-59(7)8)53-77-64(69)47-39-31-23-17-20-28-36-44-58(5)6/h56-62,67H,9-55H2,1-8H3,(H,72,73)(H,74,75)/t60?,61-,62-/m1/s1. The molecule has 504 valence electrons. The second-order valence-corrected chi connectivity index (χ2v) is 28.7. The van der Waals surface area contributed by atoms with Crippen molar-refractivity contribution < 1.29 is 80.2 Å². The van der Waals surface area contributed by atoms with Crippen LogP contribution in [0, 0.1) is 23.7 Å². The summed E-state index contributed by atoms with van der Waals surface area (Å²) >= 11 is 0. The van der Waals surface area contributed by atoms with E-state index in [1.807, 2.05) is 0 Å². The SMILES string of the molecule is CC(C)CCCCCCCCCCCCCCC(=O)OC[C@H](COP(=O)(O)OCC(O)COP(=O)(O)OC[C@@H](COC(=O)CCCCCCCCCC(C)C)OC(=O)CCCCCCCCC(C)C)OC(=O)CCCCCCCCCCC(C)C. The van der Waals surface area contributed by atoms with Crippen molar-refractivity contribution in [2.75, 3.05) is 39.6 Å². The maximum Gasteiger partial charge on any atom is 0.472 e. The summed E-state index contributed by atoms with van der Waals surface area (Å²) in [5, 5.41) is 10.5. The molecule has 19 heteroatoms. The predicted octanol–water partition coefficient (Wildman–Crippen LogP) is 18.1. The van der Waals surface area contributed by atoms with Crippen molar-refractivity contribution in [2.24, 2.45) is 23.7 Å². The fraction of sp³-hybridized carbons (Fsp3) is 0.939. The van der Waals surface area contributed by atoms with E-state index in [0.717, 1.165) is 108 Å². The first-order valence-electron chi connectivity index (χ1n) is 34.2. The number of rotatable bonds is 63. The maximum absolute atomic E-state index is 13.0. The van der Waals surface area contributed by atoms with Gasteiger partial charge in [0.15, 0.2) is 12.2 Å². The van der Waals surface area contributed by atoms with Gasteiger partial charge in [0.2, 0.25) is 0 Å². The average Bonchev–Trinajstić information content (AvgIpc) is 3.47. The van der Waals surface area contributed by atoms with Gasteiger partial charge in [-0.15, -0.1) is 0 Å². The lowest BCUT2D eigenvalue weighted by Gasteiger charge is -2.21. The second-order valence-electron chi connectivity index (χ2n) is 25.8. The summed E-state index contributed by atoms with van der Waals surface area (Å²) in [6.45, 7) is 13.9. The zero-order valence-electron chi connectivity index (χ0n) is 55.2. The number of aliphatic hydroxyl groups excluding tert-OH is 1. The molecule has 5 atom stereocenters. The van der Waals surface area contributed by atoms with Gasteiger partial charge in [0.05, 0.1) is 26.4 Å². The van der Waals surface area contributed by atoms with Gasteiger partial charge < -0.3 is 33.8 Å². The van der Waals surface area contributed by atoms with E-state index in [-0.39, 0.29) is 25.7 Å². The highest BCUT2D eigenvalue weighted by Gasteiger charge is 2.30. The number of hydrogen-bond donors (Lipinski definition) is 3. The summed E-state index contributed by atoms with van der Waals surface area (Å²) in [5.74, 6) is 0.733. The molecule has 0 aliphatic heterocycles. The van der Waals surface area contributed by atoms with Crippen LogP contribution in [-0.2, 0) is 65.4 Å². The summed E-state index contributed by atoms with van der Waals surface area (Å²) in [6.07, 6.45) is 36.5. The monoisotopic (exact) mass is 1250 g/mol. The van der Waals surface area contributed by atoms with Crippen LogP contribution in [0.15, 0.2) is 0 Å². The van der Waals surface area contributed by atoms with E-state index in [1.54, 1.807) is 0 Å². The number of carbonyl (C=O) groups excluding carboxylic acids is 4. The lowest BCUT2D eigenvalue weighted by Crippen LogP contribution is -2.30. The molecule has 17 nitrogen and oxygen atoms in total. The number of phosphoric acid groups is 2. The molecule has 3 unspecified atom stereocenters. The molecule has 0 amide bonds. The zero-order valence-corrected chi connectivity index (χ0v) is 57.0. The Balaban J connectivity index is 5.22. The number of aliphatic hydroxyl groups is 1. The van der Waals surface area contributed by atoms with Crippen LogP contribution in [0.5, 0.6) is 0 Å². The largest absolute Gasteiger partial charge is 0.472 e. The fourth-order valence-electron chi connectivity index (χ4n) is 9.78. The molecule has 0 saturated carbocycles. The Kier molecular flexibility index (Phi) is 54.8. The third-order valence-electron chi connectivity index (χ3n) is 15.1. The Hall–Kier alpha value is -1.94. The lowest BCUT2D eigenvalue weighted by atomic mass is 10.0. The third-order valence-corrected chi connectivity index (χ3v) is 17.0. The number of phosphoric ester groups is 2. The highest BCUT2D eigenvalue weighted by molar-refractivity contribution is 7.47. The molecule has 0 bridgehead atoms. The maximum atomic E-state index is 13.0. The van der Waals surface area contributed by atoms with Gasteiger partial charge in [-0.2, -0.15) is 0 Å². The van der Waals surface area contributed by atoms with Crippen LogP contribution in [0.3, 0.4) is 0 Å². The number of ether oxygens (including phenoxy) is 4. The Bertz CT molecular complexity index is 1700. The van der Waals surface area contributed by atoms with Crippen LogP contribution in [0.2, 0.25) is 0 Å². The Morgan fingerprint density at radius 3 is 0.729 bits per heavy atom. The van der Waals surface area contributed by atoms with E-state index in [1.165, 1.54) is 116 Å². The molecular formula is C66H128O17P2. The van der Waals surface area contributed by atoms with Crippen LogP contribution >= 0.6 is 15.6 Å². The van der Waals surface area contributed by atoms with Gasteiger partial charge >= 0.3 is 39.5 Å². The van der Waals surface area contributed by atoms with E-state index >= 15 is 0 Å². The van der Waals surface area contributed by atoms with Gasteiger partial charge in [0.25, 0.3) is 0 Å². The quantitative estimate of drug-likeness (QED) is 0.0222. The number of esters is 4. The van der Waals surface area contributed by atoms with Gasteiger partial charge in [-0.3, -0.25) is 37.3 Å². The number of unbranched alkanes of at least 4 members (excludes halogenated alkanes) is 29. The van der Waals surface area contributed by atoms with Crippen molar-refractivity contribution >= 4 is 39.5 Å². The fourth-order valence-corrected chi connectivity index (χ4v) is 11.4. The summed E-state index contributed by atoms with van der Waals surface area (Å²) in [6, 6.07) is 0. The molecule has 0 saturated heterocycles. The molecular weight excluding hydrogens is 1130 g/mol. The first-order chi connectivity index (χ1) is 40.6. The molecule has 0 aromatic heterocycles. The van der Waals surface area contributed by atoms with Crippen molar-refractivity contribution in [3.63, 3.8) is 0 Å². The van der Waals surface area contributed by atoms with E-state index in [0.29, 0.717) is 37.5 Å². The van der Waals surface area contributed by atoms with Crippen LogP contribution < -0.4 is 0 Å². The van der Waals surface area contributed by atoms with E-state index in [4.69, 9.17) is 37.0 Å². The summed E-state index contributed by atoms with van der Waals surface area (Å²) in [5.41, 5.74) is 0. The summed E-state index contributed by atoms with van der Waals surface area (Å²) < 4.78 is 68.0. The Labute approximate surface area is 517 Å². The van der Waals surface area contributed by atoms with Gasteiger partial charge in [-0.25, -0.2) is 9.13 Å². The molecule has 0 radical (unpaired) electrons. The molecule has 0 aliphatic rings. The van der Waals surface area contributed by atoms with Gasteiger partial charge in [-0.1, -0.05) is 267 Å². The second kappa shape index (κ2) is 56.1. The van der Waals surface area contributed by atoms with E-state index < -0.39 is 97.5 Å². The topological polar surface area (TPSA) is 237 Å². The first-order valence-corrected chi connectivity index (χ1v) is 37.2. The molecule has 0 rings (SSSR count). The van der Waals surface area contributed by atoms with Crippen LogP contribution in [0.1, 0.15) is 319 Å². The van der Waals surface area contributed by atoms with Crippen molar-refractivity contribution in [1.82, 2.24) is 0 Å². The first kappa shape index (κ1) is 83.1. The van der Waals surface area contributed by atoms with Gasteiger partial charge in [0, 0.05) is 25.7 Å². The molecule has 0 aliphatic carbocycles. The van der Waals surface area contributed by atoms with Gasteiger partial charge in [-0.05, 0) is 49.4 Å². The average molecular weight is 1260 g/mol. The zero-order chi connectivity index (χ0) is 63.2. The summed E-state index contributed by atoms with van der Waals surface area (Å²) in [4.78, 5) is 72.3. The molecule has 0 aromatic rings. The minimum atomic E-state index is -4.95. The minimum absolute atomic E-state index is 0.101. The number of carbonyl (C=O) groups is 4. The van der Waals surface area contributed by atoms with Crippen molar-refractivity contribution in [3.8, 4) is 0 Å². The van der Waals surface area contributed by atoms with Crippen molar-refractivity contribution in [1.29, 1.82) is 0 Å². The minimum Gasteiger partial charge on any atom is -0.462 e. The van der Waals surface area contributed by atoms with Crippen molar-refractivity contribution in [3.05, 3.63) is 0 Å². The molecule has 0 spiro atoms. The van der Waals surface area contributed by atoms with Crippen LogP contribution in [0.4, 0.5) is 0 Å². The van der Waals surface area contributed by atoms with E-state index in [2.05, 4.69) is 55.4 Å². The van der Waals surface area contributed by atoms with Gasteiger partial charge in [0.1, 0.15) is 19.3 Å². The Morgan fingerprint density at radius 1 is 0.294 bits per heavy atom. The normalized spacial score (nSPS) is 14.4. The smallest absolute Gasteiger partial charge is 0.462 e. The molecule has 0 fully saturated rings. The summed E-state index contributed by atoms with van der Waals surface area (Å²) in [7, 11) is -9.89. The Morgan fingerprint density at radius 2 is 0.494 bits per heavy atom. The van der Waals surface area contributed by atoms with Crippen LogP contribution in [0.25, 0.3) is 0 Å². The predicted molar refractivity (Wildman–Crippen MR) is 340 cm³/mol. The molecule has 85 heavy (non-hydrogen) atoms.